The molecule has 1 unspecified atom stereocenters. The van der Waals surface area contributed by atoms with Gasteiger partial charge in [-0.15, -0.1) is 0 Å². The lowest BCUT2D eigenvalue weighted by molar-refractivity contribution is -0.125. The Morgan fingerprint density at radius 2 is 2.10 bits per heavy atom. The fourth-order valence-electron chi connectivity index (χ4n) is 4.69. The highest BCUT2D eigenvalue weighted by atomic mass is 16.3. The molecule has 4 heterocycles. The van der Waals surface area contributed by atoms with Crippen LogP contribution in [0.1, 0.15) is 39.7 Å². The zero-order valence-electron chi connectivity index (χ0n) is 18.5. The first-order valence-corrected chi connectivity index (χ1v) is 10.9. The van der Waals surface area contributed by atoms with E-state index < -0.39 is 6.35 Å². The van der Waals surface area contributed by atoms with E-state index in [-0.39, 0.29) is 11.4 Å². The van der Waals surface area contributed by atoms with Crippen LogP contribution in [0.4, 0.5) is 5.69 Å². The Labute approximate surface area is 178 Å². The lowest BCUT2D eigenvalue weighted by atomic mass is 9.96. The van der Waals surface area contributed by atoms with Gasteiger partial charge in [0.2, 0.25) is 12.3 Å². The van der Waals surface area contributed by atoms with E-state index in [1.807, 2.05) is 10.7 Å². The Balaban J connectivity index is 1.50. The van der Waals surface area contributed by atoms with E-state index in [0.717, 1.165) is 43.9 Å². The standard InChI is InChI=1S/C22H34N6O2/c1-16(2)13-26-10-9-25(15-22(26,3)4)14-17-5-8-28-18(11-17)19(12-23-28)27-7-6-20(29)24-21(27)30/h5,8,11-12,16,21,30H,6-7,9-10,13-15H2,1-4H3,(H,24,29). The number of carbonyl (C=O) groups is 1. The molecule has 0 aliphatic carbocycles. The maximum absolute atomic E-state index is 11.5. The SMILES string of the molecule is CC(C)CN1CCN(Cc2ccn3ncc(N4CCC(=O)NC4O)c3c2)CC1(C)C. The average molecular weight is 415 g/mol. The van der Waals surface area contributed by atoms with E-state index in [2.05, 4.69) is 60.0 Å². The lowest BCUT2D eigenvalue weighted by Crippen LogP contribution is -2.59. The van der Waals surface area contributed by atoms with Crippen LogP contribution < -0.4 is 10.2 Å². The second kappa shape index (κ2) is 8.17. The summed E-state index contributed by atoms with van der Waals surface area (Å²) in [5.74, 6) is 0.545. The predicted molar refractivity (Wildman–Crippen MR) is 117 cm³/mol. The molecule has 0 aromatic carbocycles. The molecular weight excluding hydrogens is 380 g/mol. The van der Waals surface area contributed by atoms with E-state index in [1.54, 1.807) is 11.1 Å². The normalized spacial score (nSPS) is 23.3. The number of hydrogen-bond donors (Lipinski definition) is 2. The van der Waals surface area contributed by atoms with Gasteiger partial charge in [0.15, 0.2) is 0 Å². The Morgan fingerprint density at radius 1 is 1.30 bits per heavy atom. The van der Waals surface area contributed by atoms with Crippen molar-refractivity contribution < 1.29 is 9.90 Å². The van der Waals surface area contributed by atoms with Gasteiger partial charge in [0, 0.05) is 57.4 Å². The number of pyridine rings is 1. The second-order valence-electron chi connectivity index (χ2n) is 9.64. The van der Waals surface area contributed by atoms with E-state index in [1.165, 1.54) is 5.56 Å². The molecule has 2 aromatic rings. The van der Waals surface area contributed by atoms with Crippen LogP contribution in [0.5, 0.6) is 0 Å². The van der Waals surface area contributed by atoms with Gasteiger partial charge < -0.3 is 15.3 Å². The van der Waals surface area contributed by atoms with E-state index in [4.69, 9.17) is 0 Å². The third kappa shape index (κ3) is 4.31. The summed E-state index contributed by atoms with van der Waals surface area (Å²) in [5, 5.41) is 17.3. The number of aliphatic hydroxyl groups is 1. The number of hydrogen-bond acceptors (Lipinski definition) is 6. The first-order chi connectivity index (χ1) is 14.2. The number of amides is 1. The Bertz CT molecular complexity index is 908. The number of piperazine rings is 1. The minimum atomic E-state index is -1.02. The van der Waals surface area contributed by atoms with E-state index >= 15 is 0 Å². The van der Waals surface area contributed by atoms with Gasteiger partial charge in [0.1, 0.15) is 0 Å². The smallest absolute Gasteiger partial charge is 0.225 e. The van der Waals surface area contributed by atoms with E-state index in [0.29, 0.717) is 18.9 Å². The molecule has 8 heteroatoms. The van der Waals surface area contributed by atoms with Gasteiger partial charge in [-0.05, 0) is 37.5 Å². The molecule has 2 saturated heterocycles. The summed E-state index contributed by atoms with van der Waals surface area (Å²) in [7, 11) is 0. The van der Waals surface area contributed by atoms with Crippen LogP contribution in [0.2, 0.25) is 0 Å². The van der Waals surface area contributed by atoms with Gasteiger partial charge in [0.05, 0.1) is 17.4 Å². The van der Waals surface area contributed by atoms with Crippen molar-refractivity contribution in [2.45, 2.75) is 52.6 Å². The molecule has 4 rings (SSSR count). The summed E-state index contributed by atoms with van der Waals surface area (Å²) >= 11 is 0. The van der Waals surface area contributed by atoms with Gasteiger partial charge in [-0.3, -0.25) is 14.6 Å². The monoisotopic (exact) mass is 414 g/mol. The molecule has 2 aromatic heterocycles. The summed E-state index contributed by atoms with van der Waals surface area (Å²) in [6, 6.07) is 4.27. The van der Waals surface area contributed by atoms with Crippen molar-refractivity contribution in [3.8, 4) is 0 Å². The lowest BCUT2D eigenvalue weighted by Gasteiger charge is -2.48. The van der Waals surface area contributed by atoms with Crippen LogP contribution in [0, 0.1) is 5.92 Å². The van der Waals surface area contributed by atoms with Crippen molar-refractivity contribution in [3.05, 3.63) is 30.1 Å². The highest BCUT2D eigenvalue weighted by molar-refractivity contribution is 5.81. The second-order valence-corrected chi connectivity index (χ2v) is 9.64. The predicted octanol–water partition coefficient (Wildman–Crippen LogP) is 1.49. The molecule has 1 atom stereocenters. The van der Waals surface area contributed by atoms with Crippen molar-refractivity contribution in [1.29, 1.82) is 0 Å². The highest BCUT2D eigenvalue weighted by Gasteiger charge is 2.33. The number of carbonyl (C=O) groups excluding carboxylic acids is 1. The van der Waals surface area contributed by atoms with Crippen LogP contribution in [-0.4, -0.2) is 75.0 Å². The van der Waals surface area contributed by atoms with Crippen LogP contribution in [-0.2, 0) is 11.3 Å². The first kappa shape index (κ1) is 21.1. The Morgan fingerprint density at radius 3 is 2.80 bits per heavy atom. The maximum Gasteiger partial charge on any atom is 0.225 e. The van der Waals surface area contributed by atoms with Crippen molar-refractivity contribution >= 4 is 17.1 Å². The van der Waals surface area contributed by atoms with Gasteiger partial charge >= 0.3 is 0 Å². The molecule has 0 saturated carbocycles. The molecule has 0 spiro atoms. The number of nitrogens with zero attached hydrogens (tertiary/aromatic N) is 5. The minimum Gasteiger partial charge on any atom is -0.356 e. The molecule has 2 N–H and O–H groups in total. The van der Waals surface area contributed by atoms with Crippen LogP contribution in [0.3, 0.4) is 0 Å². The van der Waals surface area contributed by atoms with Gasteiger partial charge in [-0.2, -0.15) is 5.10 Å². The maximum atomic E-state index is 11.5. The molecule has 0 bridgehead atoms. The van der Waals surface area contributed by atoms with Crippen molar-refractivity contribution in [2.24, 2.45) is 5.92 Å². The summed E-state index contributed by atoms with van der Waals surface area (Å²) in [4.78, 5) is 18.5. The molecule has 2 fully saturated rings. The number of rotatable bonds is 5. The quantitative estimate of drug-likeness (QED) is 0.772. The Hall–Kier alpha value is -2.16. The molecule has 2 aliphatic heterocycles. The first-order valence-electron chi connectivity index (χ1n) is 10.9. The molecule has 0 radical (unpaired) electrons. The fraction of sp³-hybridized carbons (Fsp3) is 0.636. The van der Waals surface area contributed by atoms with Gasteiger partial charge in [-0.25, -0.2) is 4.52 Å². The molecule has 1 amide bonds. The van der Waals surface area contributed by atoms with Gasteiger partial charge in [-0.1, -0.05) is 13.8 Å². The third-order valence-corrected chi connectivity index (χ3v) is 6.18. The fourth-order valence-corrected chi connectivity index (χ4v) is 4.69. The van der Waals surface area contributed by atoms with Crippen LogP contribution in [0.15, 0.2) is 24.5 Å². The van der Waals surface area contributed by atoms with Gasteiger partial charge in [0.25, 0.3) is 0 Å². The van der Waals surface area contributed by atoms with Crippen molar-refractivity contribution in [3.63, 3.8) is 0 Å². The molecular formula is C22H34N6O2. The number of aliphatic hydroxyl groups excluding tert-OH is 1. The number of fused-ring (bicyclic) bond motifs is 1. The number of anilines is 1. The van der Waals surface area contributed by atoms with E-state index in [9.17, 15) is 9.90 Å². The average Bonchev–Trinajstić information content (AvgIpc) is 3.06. The molecule has 30 heavy (non-hydrogen) atoms. The molecule has 8 nitrogen and oxygen atoms in total. The summed E-state index contributed by atoms with van der Waals surface area (Å²) in [6.45, 7) is 14.9. The Kier molecular flexibility index (Phi) is 5.74. The zero-order valence-corrected chi connectivity index (χ0v) is 18.5. The summed E-state index contributed by atoms with van der Waals surface area (Å²) < 4.78 is 1.83. The van der Waals surface area contributed by atoms with Crippen LogP contribution in [0.25, 0.3) is 5.52 Å². The van der Waals surface area contributed by atoms with Crippen molar-refractivity contribution in [2.75, 3.05) is 37.6 Å². The number of nitrogens with one attached hydrogen (secondary N) is 1. The zero-order chi connectivity index (χ0) is 21.5. The largest absolute Gasteiger partial charge is 0.356 e. The molecule has 164 valence electrons. The minimum absolute atomic E-state index is 0.130. The highest BCUT2D eigenvalue weighted by Crippen LogP contribution is 2.27. The topological polar surface area (TPSA) is 76.4 Å². The molecule has 2 aliphatic rings. The number of aromatic nitrogens is 2. The summed E-state index contributed by atoms with van der Waals surface area (Å²) in [6.07, 6.45) is 3.08. The third-order valence-electron chi connectivity index (χ3n) is 6.18. The van der Waals surface area contributed by atoms with Crippen molar-refractivity contribution in [1.82, 2.24) is 24.7 Å². The van der Waals surface area contributed by atoms with Crippen LogP contribution >= 0.6 is 0 Å². The summed E-state index contributed by atoms with van der Waals surface area (Å²) in [5.41, 5.74) is 3.17.